The SMILES string of the molecule is N[C@@H](c1c(O)cc(Cl)c(Cl)c1F)C1CCN(C(=O)c2c[nH]c(=O)c(Cl)c2)CC1. The molecule has 2 aromatic rings. The molecule has 6 nitrogen and oxygen atoms in total. The Balaban J connectivity index is 1.72. The second-order valence-corrected chi connectivity index (χ2v) is 7.83. The van der Waals surface area contributed by atoms with Crippen LogP contribution in [0.5, 0.6) is 5.75 Å². The molecule has 1 aromatic carbocycles. The van der Waals surface area contributed by atoms with Crippen molar-refractivity contribution >= 4 is 40.7 Å². The molecule has 1 amide bonds. The van der Waals surface area contributed by atoms with Crippen molar-refractivity contribution in [2.45, 2.75) is 18.9 Å². The number of aromatic hydroxyl groups is 1. The molecular formula is C18H17Cl3FN3O3. The van der Waals surface area contributed by atoms with Gasteiger partial charge in [-0.3, -0.25) is 9.59 Å². The van der Waals surface area contributed by atoms with E-state index >= 15 is 0 Å². The first-order valence-electron chi connectivity index (χ1n) is 8.50. The van der Waals surface area contributed by atoms with Crippen LogP contribution in [0.1, 0.15) is 34.8 Å². The lowest BCUT2D eigenvalue weighted by molar-refractivity contribution is 0.0676. The summed E-state index contributed by atoms with van der Waals surface area (Å²) in [5, 5.41) is 9.63. The van der Waals surface area contributed by atoms with E-state index in [2.05, 4.69) is 4.98 Å². The molecule has 28 heavy (non-hydrogen) atoms. The van der Waals surface area contributed by atoms with Crippen molar-refractivity contribution in [3.05, 3.63) is 60.7 Å². The summed E-state index contributed by atoms with van der Waals surface area (Å²) in [5.41, 5.74) is 5.93. The molecule has 0 unspecified atom stereocenters. The van der Waals surface area contributed by atoms with Gasteiger partial charge in [0, 0.05) is 37.0 Å². The lowest BCUT2D eigenvalue weighted by Crippen LogP contribution is -2.41. The maximum Gasteiger partial charge on any atom is 0.266 e. The molecule has 3 rings (SSSR count). The number of phenolic OH excluding ortho intramolecular Hbond substituents is 1. The minimum Gasteiger partial charge on any atom is -0.507 e. The van der Waals surface area contributed by atoms with Gasteiger partial charge in [0.25, 0.3) is 11.5 Å². The Morgan fingerprint density at radius 3 is 2.50 bits per heavy atom. The van der Waals surface area contributed by atoms with E-state index in [1.54, 1.807) is 4.90 Å². The molecule has 4 N–H and O–H groups in total. The quantitative estimate of drug-likeness (QED) is 0.623. The highest BCUT2D eigenvalue weighted by molar-refractivity contribution is 6.42. The number of hydrogen-bond acceptors (Lipinski definition) is 4. The minimum atomic E-state index is -0.833. The first-order valence-corrected chi connectivity index (χ1v) is 9.63. The molecule has 150 valence electrons. The second-order valence-electron chi connectivity index (χ2n) is 6.64. The number of pyridine rings is 1. The van der Waals surface area contributed by atoms with Crippen LogP contribution in [0.25, 0.3) is 0 Å². The molecule has 0 saturated carbocycles. The Hall–Kier alpha value is -1.80. The van der Waals surface area contributed by atoms with Gasteiger partial charge in [-0.1, -0.05) is 34.8 Å². The number of carbonyl (C=O) groups excluding carboxylic acids is 1. The highest BCUT2D eigenvalue weighted by Gasteiger charge is 2.32. The Kier molecular flexibility index (Phi) is 6.19. The Morgan fingerprint density at radius 2 is 1.89 bits per heavy atom. The standard InChI is InChI=1S/C18H17Cl3FN3O3/c19-10-6-12(26)13(15(22)14(10)21)16(23)8-1-3-25(4-2-8)18(28)9-5-11(20)17(27)24-7-9/h5-8,16,26H,1-4,23H2,(H,24,27)/t16-/m1/s1. The van der Waals surface area contributed by atoms with Crippen LogP contribution in [0.2, 0.25) is 15.1 Å². The van der Waals surface area contributed by atoms with Crippen LogP contribution >= 0.6 is 34.8 Å². The van der Waals surface area contributed by atoms with Gasteiger partial charge in [-0.15, -0.1) is 0 Å². The van der Waals surface area contributed by atoms with Crippen molar-refractivity contribution in [3.63, 3.8) is 0 Å². The summed E-state index contributed by atoms with van der Waals surface area (Å²) in [6, 6.07) is 1.69. The number of aromatic amines is 1. The van der Waals surface area contributed by atoms with E-state index in [-0.39, 0.29) is 43.8 Å². The summed E-state index contributed by atoms with van der Waals surface area (Å²) in [6.07, 6.45) is 2.32. The molecular weight excluding hydrogens is 432 g/mol. The number of aromatic nitrogens is 1. The minimum absolute atomic E-state index is 0.0617. The lowest BCUT2D eigenvalue weighted by Gasteiger charge is -2.35. The van der Waals surface area contributed by atoms with Crippen LogP contribution in [0, 0.1) is 11.7 Å². The third-order valence-corrected chi connectivity index (χ3v) is 6.00. The first-order chi connectivity index (χ1) is 13.2. The molecule has 0 spiro atoms. The zero-order valence-electron chi connectivity index (χ0n) is 14.5. The number of hydrogen-bond donors (Lipinski definition) is 3. The van der Waals surface area contributed by atoms with Gasteiger partial charge < -0.3 is 20.7 Å². The van der Waals surface area contributed by atoms with Gasteiger partial charge in [0.15, 0.2) is 5.82 Å². The number of nitrogens with one attached hydrogen (secondary N) is 1. The second kappa shape index (κ2) is 8.29. The number of nitrogens with two attached hydrogens (primary N) is 1. The fourth-order valence-electron chi connectivity index (χ4n) is 3.37. The highest BCUT2D eigenvalue weighted by Crippen LogP contribution is 2.40. The maximum atomic E-state index is 14.5. The van der Waals surface area contributed by atoms with Crippen LogP contribution < -0.4 is 11.3 Å². The summed E-state index contributed by atoms with van der Waals surface area (Å²) in [7, 11) is 0. The average molecular weight is 449 g/mol. The number of H-pyrrole nitrogens is 1. The largest absolute Gasteiger partial charge is 0.507 e. The third-order valence-electron chi connectivity index (χ3n) is 4.95. The molecule has 0 aliphatic carbocycles. The third kappa shape index (κ3) is 3.98. The predicted octanol–water partition coefficient (Wildman–Crippen LogP) is 3.73. The van der Waals surface area contributed by atoms with Crippen LogP contribution in [0.4, 0.5) is 4.39 Å². The first kappa shape index (κ1) is 20.9. The van der Waals surface area contributed by atoms with Crippen LogP contribution in [0.3, 0.4) is 0 Å². The van der Waals surface area contributed by atoms with Gasteiger partial charge in [0.05, 0.1) is 15.6 Å². The van der Waals surface area contributed by atoms with Crippen molar-refractivity contribution in [2.24, 2.45) is 11.7 Å². The number of piperidine rings is 1. The van der Waals surface area contributed by atoms with Gasteiger partial charge in [-0.25, -0.2) is 4.39 Å². The highest BCUT2D eigenvalue weighted by atomic mass is 35.5. The molecule has 1 aromatic heterocycles. The van der Waals surface area contributed by atoms with E-state index in [1.165, 1.54) is 18.3 Å². The number of benzene rings is 1. The van der Waals surface area contributed by atoms with Crippen LogP contribution in [-0.4, -0.2) is 34.0 Å². The summed E-state index contributed by atoms with van der Waals surface area (Å²) in [5.74, 6) is -1.61. The number of nitrogens with zero attached hydrogens (tertiary/aromatic N) is 1. The summed E-state index contributed by atoms with van der Waals surface area (Å²) in [4.78, 5) is 27.9. The Morgan fingerprint density at radius 1 is 1.25 bits per heavy atom. The van der Waals surface area contributed by atoms with Crippen molar-refractivity contribution < 1.29 is 14.3 Å². The van der Waals surface area contributed by atoms with E-state index in [0.717, 1.165) is 0 Å². The van der Waals surface area contributed by atoms with Crippen LogP contribution in [-0.2, 0) is 0 Å². The van der Waals surface area contributed by atoms with Crippen molar-refractivity contribution in [2.75, 3.05) is 13.1 Å². The van der Waals surface area contributed by atoms with Crippen molar-refractivity contribution in [1.82, 2.24) is 9.88 Å². The Bertz CT molecular complexity index is 975. The van der Waals surface area contributed by atoms with E-state index in [9.17, 15) is 19.1 Å². The van der Waals surface area contributed by atoms with Gasteiger partial charge in [0.1, 0.15) is 10.8 Å². The van der Waals surface area contributed by atoms with Gasteiger partial charge in [0.2, 0.25) is 0 Å². The monoisotopic (exact) mass is 447 g/mol. The lowest BCUT2D eigenvalue weighted by atomic mass is 9.85. The molecule has 1 aliphatic rings. The van der Waals surface area contributed by atoms with Crippen molar-refractivity contribution in [3.8, 4) is 5.75 Å². The van der Waals surface area contributed by atoms with E-state index in [0.29, 0.717) is 25.9 Å². The molecule has 0 bridgehead atoms. The fourth-order valence-corrected chi connectivity index (χ4v) is 3.89. The molecule has 2 heterocycles. The maximum absolute atomic E-state index is 14.5. The zero-order chi connectivity index (χ0) is 20.6. The zero-order valence-corrected chi connectivity index (χ0v) is 16.8. The van der Waals surface area contributed by atoms with Crippen LogP contribution in [0.15, 0.2) is 23.1 Å². The van der Waals surface area contributed by atoms with Gasteiger partial charge in [-0.05, 0) is 24.8 Å². The number of rotatable bonds is 3. The van der Waals surface area contributed by atoms with Gasteiger partial charge in [-0.2, -0.15) is 0 Å². The number of halogens is 4. The predicted molar refractivity (Wildman–Crippen MR) is 106 cm³/mol. The average Bonchev–Trinajstić information content (AvgIpc) is 2.68. The van der Waals surface area contributed by atoms with E-state index in [1.807, 2.05) is 0 Å². The fraction of sp³-hybridized carbons (Fsp3) is 0.333. The molecule has 1 atom stereocenters. The molecule has 1 aliphatic heterocycles. The summed E-state index contributed by atoms with van der Waals surface area (Å²) >= 11 is 17.4. The number of carbonyl (C=O) groups is 1. The molecule has 10 heteroatoms. The normalized spacial score (nSPS) is 16.2. The molecule has 1 fully saturated rings. The summed E-state index contributed by atoms with van der Waals surface area (Å²) < 4.78 is 14.5. The van der Waals surface area contributed by atoms with Crippen molar-refractivity contribution in [1.29, 1.82) is 0 Å². The molecule has 1 saturated heterocycles. The summed E-state index contributed by atoms with van der Waals surface area (Å²) in [6.45, 7) is 0.773. The number of likely N-dealkylation sites (tertiary alicyclic amines) is 1. The smallest absolute Gasteiger partial charge is 0.266 e. The van der Waals surface area contributed by atoms with Gasteiger partial charge >= 0.3 is 0 Å². The number of amides is 1. The number of phenols is 1. The topological polar surface area (TPSA) is 99.4 Å². The Labute approximate surface area is 175 Å². The van der Waals surface area contributed by atoms with E-state index in [4.69, 9.17) is 40.5 Å². The molecule has 0 radical (unpaired) electrons. The van der Waals surface area contributed by atoms with E-state index < -0.39 is 17.4 Å².